The molecule has 2 rings (SSSR count). The van der Waals surface area contributed by atoms with Gasteiger partial charge in [0.1, 0.15) is 5.75 Å². The van der Waals surface area contributed by atoms with Crippen LogP contribution in [0.25, 0.3) is 0 Å². The summed E-state index contributed by atoms with van der Waals surface area (Å²) in [6.45, 7) is 4.15. The lowest BCUT2D eigenvalue weighted by atomic mass is 9.93. The SMILES string of the molecule is CC(O)CNCC1CCOc2ccccc21. The Bertz CT molecular complexity index is 338. The van der Waals surface area contributed by atoms with Crippen molar-refractivity contribution in [3.63, 3.8) is 0 Å². The molecular weight excluding hydrogens is 202 g/mol. The van der Waals surface area contributed by atoms with Crippen molar-refractivity contribution in [3.05, 3.63) is 29.8 Å². The van der Waals surface area contributed by atoms with Gasteiger partial charge in [0.2, 0.25) is 0 Å². The van der Waals surface area contributed by atoms with Gasteiger partial charge in [-0.05, 0) is 25.0 Å². The minimum absolute atomic E-state index is 0.282. The summed E-state index contributed by atoms with van der Waals surface area (Å²) in [6.07, 6.45) is 0.763. The van der Waals surface area contributed by atoms with Gasteiger partial charge in [-0.3, -0.25) is 0 Å². The topological polar surface area (TPSA) is 41.5 Å². The van der Waals surface area contributed by atoms with Crippen molar-refractivity contribution in [3.8, 4) is 5.75 Å². The molecule has 0 aliphatic carbocycles. The number of rotatable bonds is 4. The van der Waals surface area contributed by atoms with Crippen molar-refractivity contribution >= 4 is 0 Å². The maximum Gasteiger partial charge on any atom is 0.122 e. The fourth-order valence-corrected chi connectivity index (χ4v) is 2.09. The molecular formula is C13H19NO2. The minimum Gasteiger partial charge on any atom is -0.493 e. The van der Waals surface area contributed by atoms with Crippen LogP contribution in [0.2, 0.25) is 0 Å². The Morgan fingerprint density at radius 3 is 3.12 bits per heavy atom. The van der Waals surface area contributed by atoms with Crippen LogP contribution in [-0.2, 0) is 0 Å². The molecule has 0 spiro atoms. The number of para-hydroxylation sites is 1. The number of aliphatic hydroxyl groups excluding tert-OH is 1. The van der Waals surface area contributed by atoms with Crippen molar-refractivity contribution in [1.82, 2.24) is 5.32 Å². The fraction of sp³-hybridized carbons (Fsp3) is 0.538. The second-order valence-corrected chi connectivity index (χ2v) is 4.38. The summed E-state index contributed by atoms with van der Waals surface area (Å²) in [5.74, 6) is 1.52. The highest BCUT2D eigenvalue weighted by Gasteiger charge is 2.20. The van der Waals surface area contributed by atoms with E-state index >= 15 is 0 Å². The lowest BCUT2D eigenvalue weighted by Crippen LogP contribution is -2.30. The van der Waals surface area contributed by atoms with Gasteiger partial charge in [-0.15, -0.1) is 0 Å². The minimum atomic E-state index is -0.282. The zero-order valence-corrected chi connectivity index (χ0v) is 9.65. The molecule has 2 N–H and O–H groups in total. The van der Waals surface area contributed by atoms with E-state index in [-0.39, 0.29) is 6.10 Å². The summed E-state index contributed by atoms with van der Waals surface area (Å²) in [4.78, 5) is 0. The van der Waals surface area contributed by atoms with Gasteiger partial charge in [0.25, 0.3) is 0 Å². The molecule has 0 radical (unpaired) electrons. The largest absolute Gasteiger partial charge is 0.493 e. The van der Waals surface area contributed by atoms with Gasteiger partial charge in [0.15, 0.2) is 0 Å². The van der Waals surface area contributed by atoms with Gasteiger partial charge in [-0.25, -0.2) is 0 Å². The van der Waals surface area contributed by atoms with Crippen molar-refractivity contribution in [2.75, 3.05) is 19.7 Å². The number of aliphatic hydroxyl groups is 1. The Morgan fingerprint density at radius 1 is 1.50 bits per heavy atom. The van der Waals surface area contributed by atoms with E-state index in [1.54, 1.807) is 6.92 Å². The van der Waals surface area contributed by atoms with Crippen molar-refractivity contribution in [2.24, 2.45) is 0 Å². The predicted octanol–water partition coefficient (Wildman–Crippen LogP) is 1.52. The lowest BCUT2D eigenvalue weighted by molar-refractivity contribution is 0.188. The lowest BCUT2D eigenvalue weighted by Gasteiger charge is -2.26. The monoisotopic (exact) mass is 221 g/mol. The molecule has 1 aliphatic rings. The van der Waals surface area contributed by atoms with E-state index < -0.39 is 0 Å². The van der Waals surface area contributed by atoms with Gasteiger partial charge in [-0.2, -0.15) is 0 Å². The van der Waals surface area contributed by atoms with Crippen molar-refractivity contribution in [2.45, 2.75) is 25.4 Å². The van der Waals surface area contributed by atoms with E-state index in [4.69, 9.17) is 4.74 Å². The van der Waals surface area contributed by atoms with Gasteiger partial charge in [0.05, 0.1) is 12.7 Å². The first kappa shape index (κ1) is 11.4. The summed E-state index contributed by atoms with van der Waals surface area (Å²) in [5.41, 5.74) is 1.28. The van der Waals surface area contributed by atoms with Gasteiger partial charge in [-0.1, -0.05) is 18.2 Å². The molecule has 88 valence electrons. The van der Waals surface area contributed by atoms with Crippen LogP contribution in [0, 0.1) is 0 Å². The van der Waals surface area contributed by atoms with Crippen LogP contribution in [0.15, 0.2) is 24.3 Å². The molecule has 2 unspecified atom stereocenters. The zero-order chi connectivity index (χ0) is 11.4. The first-order valence-electron chi connectivity index (χ1n) is 5.88. The Balaban J connectivity index is 1.96. The highest BCUT2D eigenvalue weighted by Crippen LogP contribution is 2.32. The van der Waals surface area contributed by atoms with E-state index in [2.05, 4.69) is 17.4 Å². The number of fused-ring (bicyclic) bond motifs is 1. The molecule has 1 heterocycles. The molecule has 0 saturated carbocycles. The van der Waals surface area contributed by atoms with E-state index in [1.807, 2.05) is 12.1 Å². The molecule has 2 atom stereocenters. The molecule has 0 fully saturated rings. The maximum absolute atomic E-state index is 9.19. The van der Waals surface area contributed by atoms with Crippen LogP contribution in [-0.4, -0.2) is 30.9 Å². The van der Waals surface area contributed by atoms with Crippen LogP contribution >= 0.6 is 0 Å². The summed E-state index contributed by atoms with van der Waals surface area (Å²) < 4.78 is 5.60. The molecule has 0 saturated heterocycles. The first-order chi connectivity index (χ1) is 7.77. The van der Waals surface area contributed by atoms with Crippen LogP contribution in [0.1, 0.15) is 24.8 Å². The highest BCUT2D eigenvalue weighted by molar-refractivity contribution is 5.37. The zero-order valence-electron chi connectivity index (χ0n) is 9.65. The van der Waals surface area contributed by atoms with E-state index in [0.717, 1.165) is 25.3 Å². The molecule has 0 bridgehead atoms. The van der Waals surface area contributed by atoms with Gasteiger partial charge >= 0.3 is 0 Å². The van der Waals surface area contributed by atoms with Crippen LogP contribution in [0.3, 0.4) is 0 Å². The Morgan fingerprint density at radius 2 is 2.31 bits per heavy atom. The first-order valence-corrected chi connectivity index (χ1v) is 5.88. The number of ether oxygens (including phenoxy) is 1. The smallest absolute Gasteiger partial charge is 0.122 e. The summed E-state index contributed by atoms with van der Waals surface area (Å²) in [6, 6.07) is 8.21. The summed E-state index contributed by atoms with van der Waals surface area (Å²) >= 11 is 0. The Hall–Kier alpha value is -1.06. The molecule has 1 aliphatic heterocycles. The third kappa shape index (κ3) is 2.74. The molecule has 3 heteroatoms. The second kappa shape index (κ2) is 5.32. The molecule has 1 aromatic carbocycles. The van der Waals surface area contributed by atoms with E-state index in [9.17, 15) is 5.11 Å². The number of hydrogen-bond acceptors (Lipinski definition) is 3. The Kier molecular flexibility index (Phi) is 3.80. The van der Waals surface area contributed by atoms with Gasteiger partial charge in [0, 0.05) is 19.0 Å². The Labute approximate surface area is 96.4 Å². The average molecular weight is 221 g/mol. The molecule has 16 heavy (non-hydrogen) atoms. The maximum atomic E-state index is 9.19. The van der Waals surface area contributed by atoms with Crippen LogP contribution < -0.4 is 10.1 Å². The van der Waals surface area contributed by atoms with Crippen molar-refractivity contribution < 1.29 is 9.84 Å². The van der Waals surface area contributed by atoms with Crippen LogP contribution in [0.5, 0.6) is 5.75 Å². The molecule has 0 amide bonds. The molecule has 3 nitrogen and oxygen atoms in total. The third-order valence-corrected chi connectivity index (χ3v) is 2.91. The standard InChI is InChI=1S/C13H19NO2/c1-10(15)8-14-9-11-6-7-16-13-5-3-2-4-12(11)13/h2-5,10-11,14-15H,6-9H2,1H3. The second-order valence-electron chi connectivity index (χ2n) is 4.38. The predicted molar refractivity (Wildman–Crippen MR) is 63.8 cm³/mol. The number of nitrogens with one attached hydrogen (secondary N) is 1. The third-order valence-electron chi connectivity index (χ3n) is 2.91. The normalized spacial score (nSPS) is 21.0. The van der Waals surface area contributed by atoms with Crippen molar-refractivity contribution in [1.29, 1.82) is 0 Å². The molecule has 0 aromatic heterocycles. The average Bonchev–Trinajstić information content (AvgIpc) is 2.29. The molecule has 1 aromatic rings. The summed E-state index contributed by atoms with van der Waals surface area (Å²) in [5, 5.41) is 12.5. The highest BCUT2D eigenvalue weighted by atomic mass is 16.5. The van der Waals surface area contributed by atoms with Crippen LogP contribution in [0.4, 0.5) is 0 Å². The fourth-order valence-electron chi connectivity index (χ4n) is 2.09. The van der Waals surface area contributed by atoms with E-state index in [0.29, 0.717) is 12.5 Å². The quantitative estimate of drug-likeness (QED) is 0.810. The summed E-state index contributed by atoms with van der Waals surface area (Å²) in [7, 11) is 0. The van der Waals surface area contributed by atoms with Gasteiger partial charge < -0.3 is 15.2 Å². The van der Waals surface area contributed by atoms with E-state index in [1.165, 1.54) is 5.56 Å². The number of benzene rings is 1. The number of hydrogen-bond donors (Lipinski definition) is 2.